The van der Waals surface area contributed by atoms with E-state index < -0.39 is 17.6 Å². The van der Waals surface area contributed by atoms with Gasteiger partial charge >= 0.3 is 6.18 Å². The van der Waals surface area contributed by atoms with Crippen LogP contribution in [0.4, 0.5) is 17.6 Å². The fraction of sp³-hybridized carbons (Fsp3) is 0.0769. The number of hydrogen-bond donors (Lipinski definition) is 0. The minimum Gasteiger partial charge on any atom is -0.207 e. The largest absolute Gasteiger partial charge is 0.417 e. The number of benzene rings is 2. The highest BCUT2D eigenvalue weighted by Crippen LogP contribution is 2.37. The van der Waals surface area contributed by atoms with E-state index in [1.165, 1.54) is 30.3 Å². The first kappa shape index (κ1) is 13.3. The Bertz CT molecular complexity index is 558. The molecule has 0 atom stereocenters. The zero-order valence-electron chi connectivity index (χ0n) is 8.93. The van der Waals surface area contributed by atoms with Crippen LogP contribution in [0.2, 0.25) is 0 Å². The van der Waals surface area contributed by atoms with E-state index in [1.807, 2.05) is 0 Å². The topological polar surface area (TPSA) is 0 Å². The van der Waals surface area contributed by atoms with Crippen molar-refractivity contribution in [2.45, 2.75) is 6.18 Å². The summed E-state index contributed by atoms with van der Waals surface area (Å²) in [6, 6.07) is 9.36. The lowest BCUT2D eigenvalue weighted by Gasteiger charge is -2.12. The summed E-state index contributed by atoms with van der Waals surface area (Å²) in [6.45, 7) is 0. The molecule has 0 saturated carbocycles. The zero-order chi connectivity index (χ0) is 13.3. The lowest BCUT2D eigenvalue weighted by molar-refractivity contribution is -0.138. The Morgan fingerprint density at radius 1 is 0.889 bits per heavy atom. The maximum atomic E-state index is 12.8. The zero-order valence-corrected chi connectivity index (χ0v) is 11.1. The predicted molar refractivity (Wildman–Crippen MR) is 69.6 cm³/mol. The van der Waals surface area contributed by atoms with Crippen LogP contribution in [0.1, 0.15) is 5.56 Å². The fourth-order valence-corrected chi connectivity index (χ4v) is 2.58. The summed E-state index contributed by atoms with van der Waals surface area (Å²) < 4.78 is 51.1. The van der Waals surface area contributed by atoms with Gasteiger partial charge in [-0.05, 0) is 51.9 Å². The van der Waals surface area contributed by atoms with Gasteiger partial charge in [0.2, 0.25) is 0 Å². The van der Waals surface area contributed by atoms with Gasteiger partial charge in [-0.2, -0.15) is 13.2 Å². The summed E-state index contributed by atoms with van der Waals surface area (Å²) >= 11 is 1.66. The van der Waals surface area contributed by atoms with Crippen LogP contribution in [-0.4, -0.2) is 0 Å². The summed E-state index contributed by atoms with van der Waals surface area (Å²) in [5.74, 6) is -0.416. The normalized spacial score (nSPS) is 11.6. The van der Waals surface area contributed by atoms with E-state index in [-0.39, 0.29) is 3.57 Å². The molecule has 0 aliphatic heterocycles. The molecule has 0 N–H and O–H groups in total. The second-order valence-electron chi connectivity index (χ2n) is 3.67. The smallest absolute Gasteiger partial charge is 0.207 e. The van der Waals surface area contributed by atoms with Gasteiger partial charge in [0.15, 0.2) is 0 Å². The Labute approximate surface area is 115 Å². The minimum absolute atomic E-state index is 0.120. The molecule has 0 fully saturated rings. The van der Waals surface area contributed by atoms with Crippen LogP contribution in [0.15, 0.2) is 42.5 Å². The average molecular weight is 366 g/mol. The number of halogens is 5. The molecule has 0 radical (unpaired) electrons. The molecule has 18 heavy (non-hydrogen) atoms. The Hall–Kier alpha value is -1.11. The van der Waals surface area contributed by atoms with E-state index in [9.17, 15) is 17.6 Å². The van der Waals surface area contributed by atoms with Crippen LogP contribution in [-0.2, 0) is 6.18 Å². The average Bonchev–Trinajstić information content (AvgIpc) is 2.29. The summed E-state index contributed by atoms with van der Waals surface area (Å²) in [5.41, 5.74) is 0.335. The van der Waals surface area contributed by atoms with Crippen LogP contribution in [0, 0.1) is 9.39 Å². The van der Waals surface area contributed by atoms with Gasteiger partial charge in [-0.3, -0.25) is 0 Å². The lowest BCUT2D eigenvalue weighted by atomic mass is 10.0. The molecule has 0 amide bonds. The molecule has 0 heterocycles. The first-order chi connectivity index (χ1) is 8.39. The van der Waals surface area contributed by atoms with Gasteiger partial charge < -0.3 is 0 Å². The summed E-state index contributed by atoms with van der Waals surface area (Å²) in [4.78, 5) is 0. The standard InChI is InChI=1S/C13H7F4I/c14-9-6-4-8(5-7-9)10-2-1-3-11(12(10)18)13(15,16)17/h1-7H. The molecule has 0 unspecified atom stereocenters. The van der Waals surface area contributed by atoms with Crippen molar-refractivity contribution in [1.82, 2.24) is 0 Å². The predicted octanol–water partition coefficient (Wildman–Crippen LogP) is 5.12. The molecule has 0 aliphatic rings. The van der Waals surface area contributed by atoms with Crippen LogP contribution >= 0.6 is 22.6 Å². The van der Waals surface area contributed by atoms with Crippen molar-refractivity contribution < 1.29 is 17.6 Å². The van der Waals surface area contributed by atoms with Crippen molar-refractivity contribution in [2.24, 2.45) is 0 Å². The third-order valence-electron chi connectivity index (χ3n) is 2.46. The summed E-state index contributed by atoms with van der Waals surface area (Å²) in [5, 5.41) is 0. The molecule has 0 nitrogen and oxygen atoms in total. The Morgan fingerprint density at radius 3 is 2.06 bits per heavy atom. The van der Waals surface area contributed by atoms with Gasteiger partial charge in [0.25, 0.3) is 0 Å². The minimum atomic E-state index is -4.38. The van der Waals surface area contributed by atoms with E-state index in [0.29, 0.717) is 11.1 Å². The number of alkyl halides is 3. The van der Waals surface area contributed by atoms with Crippen molar-refractivity contribution >= 4 is 22.6 Å². The third kappa shape index (κ3) is 2.66. The van der Waals surface area contributed by atoms with Crippen molar-refractivity contribution in [1.29, 1.82) is 0 Å². The molecule has 0 saturated heterocycles. The molecule has 0 aliphatic carbocycles. The van der Waals surface area contributed by atoms with Crippen molar-refractivity contribution in [2.75, 3.05) is 0 Å². The first-order valence-corrected chi connectivity index (χ1v) is 6.09. The molecular weight excluding hydrogens is 359 g/mol. The second-order valence-corrected chi connectivity index (χ2v) is 4.75. The van der Waals surface area contributed by atoms with E-state index in [2.05, 4.69) is 0 Å². The highest BCUT2D eigenvalue weighted by molar-refractivity contribution is 14.1. The first-order valence-electron chi connectivity index (χ1n) is 5.01. The molecular formula is C13H7F4I. The summed E-state index contributed by atoms with van der Waals surface area (Å²) in [6.07, 6.45) is -4.38. The van der Waals surface area contributed by atoms with E-state index in [1.54, 1.807) is 28.7 Å². The van der Waals surface area contributed by atoms with Crippen molar-refractivity contribution in [3.8, 4) is 11.1 Å². The Balaban J connectivity index is 2.56. The molecule has 2 aromatic carbocycles. The third-order valence-corrected chi connectivity index (χ3v) is 3.62. The van der Waals surface area contributed by atoms with Gasteiger partial charge in [0, 0.05) is 3.57 Å². The van der Waals surface area contributed by atoms with Gasteiger partial charge in [-0.15, -0.1) is 0 Å². The molecule has 2 rings (SSSR count). The molecule has 5 heteroatoms. The van der Waals surface area contributed by atoms with Gasteiger partial charge in [-0.25, -0.2) is 4.39 Å². The van der Waals surface area contributed by atoms with Gasteiger partial charge in [0.1, 0.15) is 5.82 Å². The highest BCUT2D eigenvalue weighted by Gasteiger charge is 2.33. The van der Waals surface area contributed by atoms with Crippen molar-refractivity contribution in [3.05, 3.63) is 57.4 Å². The van der Waals surface area contributed by atoms with Crippen LogP contribution in [0.3, 0.4) is 0 Å². The van der Waals surface area contributed by atoms with E-state index in [0.717, 1.165) is 6.07 Å². The van der Waals surface area contributed by atoms with Crippen LogP contribution in [0.5, 0.6) is 0 Å². The van der Waals surface area contributed by atoms with Gasteiger partial charge in [0.05, 0.1) is 5.56 Å². The number of rotatable bonds is 1. The lowest BCUT2D eigenvalue weighted by Crippen LogP contribution is -2.08. The van der Waals surface area contributed by atoms with Crippen LogP contribution in [0.25, 0.3) is 11.1 Å². The van der Waals surface area contributed by atoms with E-state index >= 15 is 0 Å². The second kappa shape index (κ2) is 4.87. The van der Waals surface area contributed by atoms with E-state index in [4.69, 9.17) is 0 Å². The Kier molecular flexibility index (Phi) is 3.61. The SMILES string of the molecule is Fc1ccc(-c2cccc(C(F)(F)F)c2I)cc1. The summed E-state index contributed by atoms with van der Waals surface area (Å²) in [7, 11) is 0. The molecule has 2 aromatic rings. The highest BCUT2D eigenvalue weighted by atomic mass is 127. The molecule has 0 spiro atoms. The Morgan fingerprint density at radius 2 is 1.50 bits per heavy atom. The number of hydrogen-bond acceptors (Lipinski definition) is 0. The molecule has 0 bridgehead atoms. The maximum absolute atomic E-state index is 12.8. The van der Waals surface area contributed by atoms with Crippen molar-refractivity contribution in [3.63, 3.8) is 0 Å². The van der Waals surface area contributed by atoms with Crippen LogP contribution < -0.4 is 0 Å². The quantitative estimate of drug-likeness (QED) is 0.486. The fourth-order valence-electron chi connectivity index (χ4n) is 1.60. The maximum Gasteiger partial charge on any atom is 0.417 e. The molecule has 0 aromatic heterocycles. The molecule has 94 valence electrons. The monoisotopic (exact) mass is 366 g/mol. The van der Waals surface area contributed by atoms with Gasteiger partial charge in [-0.1, -0.05) is 24.3 Å².